The molecule has 0 spiro atoms. The zero-order valence-electron chi connectivity index (χ0n) is 22.0. The minimum Gasteiger partial charge on any atom is -0.463 e. The van der Waals surface area contributed by atoms with Crippen LogP contribution in [0.5, 0.6) is 11.5 Å². The van der Waals surface area contributed by atoms with Crippen LogP contribution in [0.25, 0.3) is 6.08 Å². The van der Waals surface area contributed by atoms with Crippen LogP contribution in [0.4, 0.5) is 28.9 Å². The standard InChI is InChI=1S/C30H30F4N2O5/c31-29(32)30(33,34)41-25-15-10-22(11-16-25)28(38)40-24-13-6-20(7-14-24)8-17-27(37)39-18-4-2-1-3-5-21-9-12-23(35)19-26(21)36/h6-17,19,29H,1-5,18,35-36H2/b17-8+. The Hall–Kier alpha value is -4.54. The molecule has 0 fully saturated rings. The minimum absolute atomic E-state index is 0.00377. The molecular weight excluding hydrogens is 544 g/mol. The van der Waals surface area contributed by atoms with Gasteiger partial charge in [0.2, 0.25) is 0 Å². The molecule has 0 bridgehead atoms. The van der Waals surface area contributed by atoms with Crippen LogP contribution in [0.2, 0.25) is 0 Å². The predicted molar refractivity (Wildman–Crippen MR) is 147 cm³/mol. The highest BCUT2D eigenvalue weighted by atomic mass is 19.3. The molecule has 0 aliphatic rings. The molecular formula is C30H30F4N2O5. The molecule has 7 nitrogen and oxygen atoms in total. The van der Waals surface area contributed by atoms with Gasteiger partial charge < -0.3 is 25.7 Å². The van der Waals surface area contributed by atoms with E-state index in [2.05, 4.69) is 4.74 Å². The lowest BCUT2D eigenvalue weighted by molar-refractivity contribution is -0.253. The SMILES string of the molecule is Nc1ccc(CCCCCCOC(=O)/C=C/c2ccc(OC(=O)c3ccc(OC(F)(F)C(F)F)cc3)cc2)c(N)c1. The Bertz CT molecular complexity index is 1330. The largest absolute Gasteiger partial charge is 0.463 e. The van der Waals surface area contributed by atoms with Crippen LogP contribution in [0, 0.1) is 0 Å². The molecule has 0 atom stereocenters. The van der Waals surface area contributed by atoms with Gasteiger partial charge >= 0.3 is 24.5 Å². The number of hydrogen-bond donors (Lipinski definition) is 2. The summed E-state index contributed by atoms with van der Waals surface area (Å²) >= 11 is 0. The molecule has 0 unspecified atom stereocenters. The molecule has 3 aromatic carbocycles. The summed E-state index contributed by atoms with van der Waals surface area (Å²) < 4.78 is 64.8. The summed E-state index contributed by atoms with van der Waals surface area (Å²) in [5, 5.41) is 0. The predicted octanol–water partition coefficient (Wildman–Crippen LogP) is 6.67. The third-order valence-corrected chi connectivity index (χ3v) is 5.86. The first-order valence-corrected chi connectivity index (χ1v) is 12.8. The molecule has 218 valence electrons. The number of nitrogens with two attached hydrogens (primary N) is 2. The summed E-state index contributed by atoms with van der Waals surface area (Å²) in [5.74, 6) is -1.61. The number of halogens is 4. The Balaban J connectivity index is 1.35. The maximum Gasteiger partial charge on any atom is 0.461 e. The fourth-order valence-electron chi connectivity index (χ4n) is 3.67. The number of nitrogen functional groups attached to an aromatic ring is 2. The Morgan fingerprint density at radius 2 is 1.51 bits per heavy atom. The monoisotopic (exact) mass is 574 g/mol. The average molecular weight is 575 g/mol. The number of benzene rings is 3. The maximum atomic E-state index is 13.0. The van der Waals surface area contributed by atoms with Crippen molar-refractivity contribution in [3.63, 3.8) is 0 Å². The summed E-state index contributed by atoms with van der Waals surface area (Å²) in [6.07, 6.45) is -1.31. The molecule has 41 heavy (non-hydrogen) atoms. The molecule has 0 saturated heterocycles. The number of hydrogen-bond acceptors (Lipinski definition) is 7. The summed E-state index contributed by atoms with van der Waals surface area (Å²) in [7, 11) is 0. The van der Waals surface area contributed by atoms with Gasteiger partial charge in [0.15, 0.2) is 0 Å². The van der Waals surface area contributed by atoms with Crippen molar-refractivity contribution >= 4 is 29.4 Å². The number of esters is 2. The first-order chi connectivity index (χ1) is 19.5. The Kier molecular flexibility index (Phi) is 11.1. The number of alkyl halides is 4. The fraction of sp³-hybridized carbons (Fsp3) is 0.267. The Morgan fingerprint density at radius 3 is 2.17 bits per heavy atom. The number of carbonyl (C=O) groups is 2. The first-order valence-electron chi connectivity index (χ1n) is 12.8. The third-order valence-electron chi connectivity index (χ3n) is 5.86. The number of unbranched alkanes of at least 4 members (excludes halogenated alkanes) is 3. The number of ether oxygens (including phenoxy) is 3. The van der Waals surface area contributed by atoms with Crippen LogP contribution < -0.4 is 20.9 Å². The van der Waals surface area contributed by atoms with Crippen molar-refractivity contribution in [1.82, 2.24) is 0 Å². The van der Waals surface area contributed by atoms with Crippen LogP contribution in [-0.4, -0.2) is 31.1 Å². The number of anilines is 2. The minimum atomic E-state index is -4.65. The van der Waals surface area contributed by atoms with E-state index in [1.54, 1.807) is 24.3 Å². The average Bonchev–Trinajstić information content (AvgIpc) is 2.93. The molecule has 0 saturated carbocycles. The van der Waals surface area contributed by atoms with E-state index in [1.807, 2.05) is 12.1 Å². The van der Waals surface area contributed by atoms with Gasteiger partial charge in [0.05, 0.1) is 12.2 Å². The van der Waals surface area contributed by atoms with E-state index in [9.17, 15) is 27.2 Å². The van der Waals surface area contributed by atoms with E-state index in [0.29, 0.717) is 23.5 Å². The smallest absolute Gasteiger partial charge is 0.461 e. The van der Waals surface area contributed by atoms with Crippen molar-refractivity contribution in [2.75, 3.05) is 18.1 Å². The molecule has 4 N–H and O–H groups in total. The van der Waals surface area contributed by atoms with Gasteiger partial charge in [-0.15, -0.1) is 0 Å². The van der Waals surface area contributed by atoms with Gasteiger partial charge in [-0.05, 0) is 85.0 Å². The second kappa shape index (κ2) is 14.7. The van der Waals surface area contributed by atoms with Crippen LogP contribution in [0.1, 0.15) is 47.2 Å². The van der Waals surface area contributed by atoms with Gasteiger partial charge in [-0.3, -0.25) is 0 Å². The van der Waals surface area contributed by atoms with E-state index in [0.717, 1.165) is 61.9 Å². The lowest BCUT2D eigenvalue weighted by atomic mass is 10.0. The number of carbonyl (C=O) groups excluding carboxylic acids is 2. The Morgan fingerprint density at radius 1 is 0.854 bits per heavy atom. The molecule has 0 aromatic heterocycles. The van der Waals surface area contributed by atoms with E-state index >= 15 is 0 Å². The summed E-state index contributed by atoms with van der Waals surface area (Å²) in [6.45, 7) is 0.309. The Labute approximate surface area is 234 Å². The van der Waals surface area contributed by atoms with Gasteiger partial charge in [0.1, 0.15) is 11.5 Å². The topological polar surface area (TPSA) is 114 Å². The lowest BCUT2D eigenvalue weighted by Gasteiger charge is -2.16. The maximum absolute atomic E-state index is 13.0. The fourth-order valence-corrected chi connectivity index (χ4v) is 3.67. The van der Waals surface area contributed by atoms with Crippen LogP contribution in [0.15, 0.2) is 72.8 Å². The zero-order valence-corrected chi connectivity index (χ0v) is 22.0. The molecule has 3 aromatic rings. The molecule has 3 rings (SSSR count). The van der Waals surface area contributed by atoms with Gasteiger partial charge in [-0.1, -0.05) is 31.0 Å². The normalized spacial score (nSPS) is 11.5. The van der Waals surface area contributed by atoms with Crippen LogP contribution in [-0.2, 0) is 16.0 Å². The van der Waals surface area contributed by atoms with E-state index < -0.39 is 30.2 Å². The quantitative estimate of drug-likeness (QED) is 0.0552. The van der Waals surface area contributed by atoms with Crippen molar-refractivity contribution < 1.29 is 41.4 Å². The number of aryl methyl sites for hydroxylation is 1. The van der Waals surface area contributed by atoms with Crippen molar-refractivity contribution in [3.05, 3.63) is 89.5 Å². The molecule has 0 amide bonds. The molecule has 0 aliphatic heterocycles. The lowest BCUT2D eigenvalue weighted by Crippen LogP contribution is -2.33. The van der Waals surface area contributed by atoms with Crippen molar-refractivity contribution in [3.8, 4) is 11.5 Å². The van der Waals surface area contributed by atoms with Gasteiger partial charge in [0.25, 0.3) is 0 Å². The van der Waals surface area contributed by atoms with Gasteiger partial charge in [-0.25, -0.2) is 9.59 Å². The van der Waals surface area contributed by atoms with Crippen LogP contribution in [0.3, 0.4) is 0 Å². The molecule has 0 radical (unpaired) electrons. The van der Waals surface area contributed by atoms with Crippen molar-refractivity contribution in [1.29, 1.82) is 0 Å². The molecule has 0 heterocycles. The highest BCUT2D eigenvalue weighted by molar-refractivity contribution is 5.91. The second-order valence-corrected chi connectivity index (χ2v) is 9.07. The summed E-state index contributed by atoms with van der Waals surface area (Å²) in [4.78, 5) is 24.2. The van der Waals surface area contributed by atoms with Gasteiger partial charge in [-0.2, -0.15) is 17.6 Å². The highest BCUT2D eigenvalue weighted by Crippen LogP contribution is 2.28. The highest BCUT2D eigenvalue weighted by Gasteiger charge is 2.43. The van der Waals surface area contributed by atoms with Crippen molar-refractivity contribution in [2.45, 2.75) is 44.6 Å². The molecule has 0 aliphatic carbocycles. The summed E-state index contributed by atoms with van der Waals surface area (Å²) in [6, 6.07) is 15.9. The van der Waals surface area contributed by atoms with E-state index in [4.69, 9.17) is 20.9 Å². The van der Waals surface area contributed by atoms with E-state index in [1.165, 1.54) is 18.2 Å². The van der Waals surface area contributed by atoms with Crippen LogP contribution >= 0.6 is 0 Å². The first kappa shape index (κ1) is 31.0. The molecule has 11 heteroatoms. The van der Waals surface area contributed by atoms with Crippen molar-refractivity contribution in [2.24, 2.45) is 0 Å². The van der Waals surface area contributed by atoms with E-state index in [-0.39, 0.29) is 11.3 Å². The second-order valence-electron chi connectivity index (χ2n) is 9.07. The third kappa shape index (κ3) is 10.2. The number of rotatable bonds is 14. The zero-order chi connectivity index (χ0) is 29.8. The van der Waals surface area contributed by atoms with Gasteiger partial charge in [0, 0.05) is 17.5 Å². The summed E-state index contributed by atoms with van der Waals surface area (Å²) in [5.41, 5.74) is 14.7.